The summed E-state index contributed by atoms with van der Waals surface area (Å²) >= 11 is 1.78. The van der Waals surface area contributed by atoms with Crippen molar-refractivity contribution < 1.29 is 4.79 Å². The number of hydrogen-bond donors (Lipinski definition) is 0. The number of nitrogens with zero attached hydrogens (tertiary/aromatic N) is 3. The third kappa shape index (κ3) is 2.55. The van der Waals surface area contributed by atoms with Crippen LogP contribution in [0.25, 0.3) is 5.65 Å². The summed E-state index contributed by atoms with van der Waals surface area (Å²) in [6.45, 7) is 2.80. The highest BCUT2D eigenvalue weighted by atomic mass is 32.2. The summed E-state index contributed by atoms with van der Waals surface area (Å²) in [5.41, 5.74) is 0.417. The number of amides is 1. The molecule has 0 bridgehead atoms. The van der Waals surface area contributed by atoms with E-state index in [1.54, 1.807) is 30.1 Å². The van der Waals surface area contributed by atoms with E-state index in [9.17, 15) is 9.59 Å². The van der Waals surface area contributed by atoms with Gasteiger partial charge in [-0.05, 0) is 18.6 Å². The smallest absolute Gasteiger partial charge is 0.270 e. The Hall–Kier alpha value is -1.82. The molecule has 1 aliphatic heterocycles. The van der Waals surface area contributed by atoms with E-state index in [2.05, 4.69) is 11.9 Å². The molecule has 1 aliphatic rings. The second-order valence-corrected chi connectivity index (χ2v) is 6.30. The minimum Gasteiger partial charge on any atom is -0.326 e. The average molecular weight is 303 g/mol. The molecule has 110 valence electrons. The molecule has 0 N–H and O–H groups in total. The van der Waals surface area contributed by atoms with Crippen molar-refractivity contribution in [2.45, 2.75) is 25.1 Å². The van der Waals surface area contributed by atoms with Crippen LogP contribution in [-0.4, -0.2) is 37.9 Å². The van der Waals surface area contributed by atoms with E-state index in [4.69, 9.17) is 0 Å². The van der Waals surface area contributed by atoms with E-state index in [-0.39, 0.29) is 22.4 Å². The lowest BCUT2D eigenvalue weighted by Gasteiger charge is -2.23. The molecule has 5 nitrogen and oxygen atoms in total. The Balaban J connectivity index is 1.98. The Labute approximate surface area is 127 Å². The lowest BCUT2D eigenvalue weighted by Crippen LogP contribution is -2.38. The molecule has 1 amide bonds. The molecule has 6 heteroatoms. The van der Waals surface area contributed by atoms with E-state index >= 15 is 0 Å². The monoisotopic (exact) mass is 303 g/mol. The maximum Gasteiger partial charge on any atom is 0.270 e. The highest BCUT2D eigenvalue weighted by Crippen LogP contribution is 2.28. The molecule has 0 aliphatic carbocycles. The number of thioether (sulfide) groups is 1. The lowest BCUT2D eigenvalue weighted by molar-refractivity contribution is 0.0754. The van der Waals surface area contributed by atoms with Crippen LogP contribution in [0.3, 0.4) is 0 Å². The van der Waals surface area contributed by atoms with Gasteiger partial charge in [-0.25, -0.2) is 4.98 Å². The molecule has 0 unspecified atom stereocenters. The fourth-order valence-electron chi connectivity index (χ4n) is 2.57. The van der Waals surface area contributed by atoms with Crippen molar-refractivity contribution in [1.82, 2.24) is 14.3 Å². The first-order valence-electron chi connectivity index (χ1n) is 7.11. The molecule has 2 aromatic rings. The molecule has 0 radical (unpaired) electrons. The first-order valence-corrected chi connectivity index (χ1v) is 8.16. The Morgan fingerprint density at radius 2 is 2.33 bits per heavy atom. The summed E-state index contributed by atoms with van der Waals surface area (Å²) in [6.07, 6.45) is 5.03. The zero-order valence-corrected chi connectivity index (χ0v) is 12.7. The normalized spacial score (nSPS) is 18.3. The highest BCUT2D eigenvalue weighted by Gasteiger charge is 2.30. The Morgan fingerprint density at radius 1 is 1.48 bits per heavy atom. The fraction of sp³-hybridized carbons (Fsp3) is 0.400. The third-order valence-corrected chi connectivity index (χ3v) is 4.92. The van der Waals surface area contributed by atoms with Crippen LogP contribution in [-0.2, 0) is 0 Å². The predicted molar refractivity (Wildman–Crippen MR) is 83.7 cm³/mol. The topological polar surface area (TPSA) is 54.7 Å². The molecule has 0 spiro atoms. The van der Waals surface area contributed by atoms with Gasteiger partial charge in [0.05, 0.1) is 5.37 Å². The van der Waals surface area contributed by atoms with Crippen LogP contribution in [0.1, 0.15) is 30.1 Å². The molecule has 0 saturated carbocycles. The molecule has 2 aromatic heterocycles. The SMILES string of the molecule is CCC[C@H]1SCCN1C(=O)c1cnc2ccccn2c1=O. The summed E-state index contributed by atoms with van der Waals surface area (Å²) in [5.74, 6) is 0.730. The van der Waals surface area contributed by atoms with Gasteiger partial charge in [-0.1, -0.05) is 19.4 Å². The number of carbonyl (C=O) groups is 1. The first kappa shape index (κ1) is 14.1. The van der Waals surface area contributed by atoms with E-state index in [0.29, 0.717) is 12.2 Å². The third-order valence-electron chi connectivity index (χ3n) is 3.63. The summed E-state index contributed by atoms with van der Waals surface area (Å²) in [6, 6.07) is 5.33. The van der Waals surface area contributed by atoms with Crippen molar-refractivity contribution in [2.75, 3.05) is 12.3 Å². The van der Waals surface area contributed by atoms with Gasteiger partial charge in [0.2, 0.25) is 0 Å². The number of fused-ring (bicyclic) bond motifs is 1. The number of aromatic nitrogens is 2. The van der Waals surface area contributed by atoms with E-state index in [1.807, 2.05) is 11.0 Å². The van der Waals surface area contributed by atoms with Crippen molar-refractivity contribution >= 4 is 23.3 Å². The average Bonchev–Trinajstić information content (AvgIpc) is 2.96. The maximum absolute atomic E-state index is 12.7. The second kappa shape index (κ2) is 5.89. The molecular formula is C15H17N3O2S. The number of rotatable bonds is 3. The predicted octanol–water partition coefficient (Wildman–Crippen LogP) is 2.01. The summed E-state index contributed by atoms with van der Waals surface area (Å²) in [5, 5.41) is 0.179. The Kier molecular flexibility index (Phi) is 3.96. The van der Waals surface area contributed by atoms with Crippen molar-refractivity contribution in [2.24, 2.45) is 0 Å². The molecule has 1 atom stereocenters. The van der Waals surface area contributed by atoms with Crippen LogP contribution in [0.5, 0.6) is 0 Å². The number of pyridine rings is 1. The largest absolute Gasteiger partial charge is 0.326 e. The van der Waals surface area contributed by atoms with Crippen LogP contribution >= 0.6 is 11.8 Å². The van der Waals surface area contributed by atoms with Gasteiger partial charge in [0.25, 0.3) is 11.5 Å². The quantitative estimate of drug-likeness (QED) is 0.870. The zero-order valence-electron chi connectivity index (χ0n) is 11.9. The minimum absolute atomic E-state index is 0.155. The van der Waals surface area contributed by atoms with Crippen LogP contribution in [0, 0.1) is 0 Å². The maximum atomic E-state index is 12.7. The summed E-state index contributed by atoms with van der Waals surface area (Å²) in [4.78, 5) is 31.1. The van der Waals surface area contributed by atoms with Crippen LogP contribution in [0.15, 0.2) is 35.4 Å². The van der Waals surface area contributed by atoms with Gasteiger partial charge in [0, 0.05) is 24.7 Å². The van der Waals surface area contributed by atoms with E-state index in [0.717, 1.165) is 18.6 Å². The van der Waals surface area contributed by atoms with Crippen molar-refractivity contribution in [3.63, 3.8) is 0 Å². The van der Waals surface area contributed by atoms with Gasteiger partial charge in [0.1, 0.15) is 11.2 Å². The standard InChI is InChI=1S/C15H17N3O2S/c1-2-5-13-18(8-9-21-13)15(20)11-10-16-12-6-3-4-7-17(12)14(11)19/h3-4,6-7,10,13H,2,5,8-9H2,1H3/t13-/m1/s1. The fourth-order valence-corrected chi connectivity index (χ4v) is 3.93. The van der Waals surface area contributed by atoms with Crippen LogP contribution < -0.4 is 5.56 Å². The number of hydrogen-bond acceptors (Lipinski definition) is 4. The molecule has 1 fully saturated rings. The van der Waals surface area contributed by atoms with Gasteiger partial charge in [-0.3, -0.25) is 14.0 Å². The first-order chi connectivity index (χ1) is 10.2. The number of carbonyl (C=O) groups excluding carboxylic acids is 1. The van der Waals surface area contributed by atoms with Gasteiger partial charge in [0.15, 0.2) is 0 Å². The van der Waals surface area contributed by atoms with E-state index < -0.39 is 0 Å². The second-order valence-electron chi connectivity index (χ2n) is 5.02. The molecule has 1 saturated heterocycles. The molecular weight excluding hydrogens is 286 g/mol. The molecule has 3 rings (SSSR count). The van der Waals surface area contributed by atoms with Crippen molar-refractivity contribution in [3.8, 4) is 0 Å². The minimum atomic E-state index is -0.294. The molecule has 3 heterocycles. The van der Waals surface area contributed by atoms with Crippen molar-refractivity contribution in [1.29, 1.82) is 0 Å². The van der Waals surface area contributed by atoms with Gasteiger partial charge in [-0.15, -0.1) is 11.8 Å². The summed E-state index contributed by atoms with van der Waals surface area (Å²) < 4.78 is 1.42. The van der Waals surface area contributed by atoms with Crippen molar-refractivity contribution in [3.05, 3.63) is 46.5 Å². The zero-order chi connectivity index (χ0) is 14.8. The van der Waals surface area contributed by atoms with Gasteiger partial charge < -0.3 is 4.90 Å². The van der Waals surface area contributed by atoms with Gasteiger partial charge >= 0.3 is 0 Å². The van der Waals surface area contributed by atoms with E-state index in [1.165, 1.54) is 10.6 Å². The Bertz CT molecular complexity index is 728. The van der Waals surface area contributed by atoms with Crippen LogP contribution in [0.2, 0.25) is 0 Å². The Morgan fingerprint density at radius 3 is 3.14 bits per heavy atom. The summed E-state index contributed by atoms with van der Waals surface area (Å²) in [7, 11) is 0. The molecule has 21 heavy (non-hydrogen) atoms. The van der Waals surface area contributed by atoms with Crippen LogP contribution in [0.4, 0.5) is 0 Å². The lowest BCUT2D eigenvalue weighted by atomic mass is 10.2. The molecule has 0 aromatic carbocycles. The van der Waals surface area contributed by atoms with Gasteiger partial charge in [-0.2, -0.15) is 0 Å². The highest BCUT2D eigenvalue weighted by molar-refractivity contribution is 8.00.